The first kappa shape index (κ1) is 24.0. The molecule has 0 radical (unpaired) electrons. The number of fused-ring (bicyclic) bond motifs is 5. The average molecular weight is 559 g/mol. The van der Waals surface area contributed by atoms with Gasteiger partial charge in [0.15, 0.2) is 23.3 Å². The van der Waals surface area contributed by atoms with Crippen LogP contribution in [-0.2, 0) is 0 Å². The van der Waals surface area contributed by atoms with E-state index in [0.29, 0.717) is 0 Å². The van der Waals surface area contributed by atoms with E-state index in [-0.39, 0.29) is 5.56 Å². The maximum Gasteiger partial charge on any atom is 0.200 e. The van der Waals surface area contributed by atoms with Gasteiger partial charge in [0.25, 0.3) is 0 Å². The second-order valence-electron chi connectivity index (χ2n) is 9.17. The predicted octanol–water partition coefficient (Wildman–Crippen LogP) is 11.0. The summed E-state index contributed by atoms with van der Waals surface area (Å²) in [5.74, 6) is -9.79. The third kappa shape index (κ3) is 3.76. The highest BCUT2D eigenvalue weighted by Crippen LogP contribution is 2.45. The van der Waals surface area contributed by atoms with Crippen LogP contribution < -0.4 is 0 Å². The molecule has 0 spiro atoms. The van der Waals surface area contributed by atoms with Crippen LogP contribution >= 0.6 is 22.7 Å². The lowest BCUT2D eigenvalue weighted by atomic mass is 9.97. The largest absolute Gasteiger partial charge is 0.203 e. The van der Waals surface area contributed by atoms with Gasteiger partial charge in [0.05, 0.1) is 15.0 Å². The van der Waals surface area contributed by atoms with Crippen LogP contribution in [0, 0.1) is 29.1 Å². The van der Waals surface area contributed by atoms with Gasteiger partial charge in [-0.3, -0.25) is 0 Å². The Bertz CT molecular complexity index is 2020. The van der Waals surface area contributed by atoms with Gasteiger partial charge in [0, 0.05) is 20.2 Å². The molecule has 0 aliphatic heterocycles. The molecule has 0 N–H and O–H groups in total. The fourth-order valence-corrected chi connectivity index (χ4v) is 7.62. The van der Waals surface area contributed by atoms with E-state index in [4.69, 9.17) is 0 Å². The smallest absolute Gasteiger partial charge is 0.200 e. The molecule has 0 saturated heterocycles. The fraction of sp³-hybridized carbons (Fsp3) is 0. The summed E-state index contributed by atoms with van der Waals surface area (Å²) in [4.78, 5) is 0. The predicted molar refractivity (Wildman–Crippen MR) is 151 cm³/mol. The average Bonchev–Trinajstić information content (AvgIpc) is 3.51. The van der Waals surface area contributed by atoms with Crippen LogP contribution in [-0.4, -0.2) is 0 Å². The number of rotatable bonds is 3. The molecule has 0 atom stereocenters. The van der Waals surface area contributed by atoms with Crippen molar-refractivity contribution in [2.45, 2.75) is 0 Å². The van der Waals surface area contributed by atoms with E-state index in [0.717, 1.165) is 22.3 Å². The molecule has 7 aromatic rings. The molecule has 5 aromatic carbocycles. The first-order valence-corrected chi connectivity index (χ1v) is 13.6. The zero-order chi connectivity index (χ0) is 26.8. The lowest BCUT2D eigenvalue weighted by molar-refractivity contribution is 0.381. The summed E-state index contributed by atoms with van der Waals surface area (Å²) in [6.45, 7) is 0. The standard InChI is InChI=1S/C32H15F5S2/c33-26-25(27(34)29(36)30(37)28(26)35)19-11-9-17(10-12-19)16-5-7-18(8-6-16)20-13-14-22-24(15-20)39-31-21-3-1-2-4-23(21)38-32(22)31/h1-15H. The quantitative estimate of drug-likeness (QED) is 0.115. The van der Waals surface area contributed by atoms with E-state index in [1.165, 1.54) is 41.7 Å². The van der Waals surface area contributed by atoms with Crippen molar-refractivity contribution >= 4 is 52.2 Å². The lowest BCUT2D eigenvalue weighted by Gasteiger charge is -2.10. The van der Waals surface area contributed by atoms with Gasteiger partial charge >= 0.3 is 0 Å². The van der Waals surface area contributed by atoms with Crippen LogP contribution in [0.3, 0.4) is 0 Å². The van der Waals surface area contributed by atoms with E-state index in [1.807, 2.05) is 35.6 Å². The summed E-state index contributed by atoms with van der Waals surface area (Å²) >= 11 is 3.62. The van der Waals surface area contributed by atoms with Crippen molar-refractivity contribution in [1.82, 2.24) is 0 Å². The highest BCUT2D eigenvalue weighted by atomic mass is 32.1. The summed E-state index contributed by atoms with van der Waals surface area (Å²) < 4.78 is 74.2. The van der Waals surface area contributed by atoms with Gasteiger partial charge in [-0.15, -0.1) is 22.7 Å². The van der Waals surface area contributed by atoms with Gasteiger partial charge < -0.3 is 0 Å². The highest BCUT2D eigenvalue weighted by Gasteiger charge is 2.26. The number of hydrogen-bond acceptors (Lipinski definition) is 2. The van der Waals surface area contributed by atoms with E-state index >= 15 is 0 Å². The maximum absolute atomic E-state index is 14.2. The minimum Gasteiger partial charge on any atom is -0.203 e. The third-order valence-electron chi connectivity index (χ3n) is 6.92. The minimum atomic E-state index is -2.17. The monoisotopic (exact) mass is 558 g/mol. The molecule has 190 valence electrons. The Morgan fingerprint density at radius 2 is 0.821 bits per heavy atom. The van der Waals surface area contributed by atoms with Crippen molar-refractivity contribution in [2.75, 3.05) is 0 Å². The Morgan fingerprint density at radius 3 is 1.44 bits per heavy atom. The van der Waals surface area contributed by atoms with Crippen molar-refractivity contribution in [1.29, 1.82) is 0 Å². The molecule has 2 aromatic heterocycles. The molecule has 0 aliphatic carbocycles. The van der Waals surface area contributed by atoms with E-state index < -0.39 is 34.6 Å². The molecular weight excluding hydrogens is 543 g/mol. The summed E-state index contributed by atoms with van der Waals surface area (Å²) in [5, 5.41) is 2.54. The normalized spacial score (nSPS) is 11.7. The Hall–Kier alpha value is -4.07. The van der Waals surface area contributed by atoms with Gasteiger partial charge in [-0.1, -0.05) is 78.9 Å². The van der Waals surface area contributed by atoms with Gasteiger partial charge in [0.1, 0.15) is 0 Å². The molecule has 0 amide bonds. The molecule has 0 fully saturated rings. The van der Waals surface area contributed by atoms with Crippen LogP contribution in [0.15, 0.2) is 91.0 Å². The molecule has 0 unspecified atom stereocenters. The van der Waals surface area contributed by atoms with Crippen molar-refractivity contribution in [3.63, 3.8) is 0 Å². The Kier molecular flexibility index (Phi) is 5.54. The molecule has 7 rings (SSSR count). The minimum absolute atomic E-state index is 0.0971. The zero-order valence-corrected chi connectivity index (χ0v) is 21.5. The first-order valence-electron chi connectivity index (χ1n) is 12.0. The van der Waals surface area contributed by atoms with Crippen LogP contribution in [0.2, 0.25) is 0 Å². The third-order valence-corrected chi connectivity index (χ3v) is 9.44. The fourth-order valence-electron chi connectivity index (χ4n) is 4.93. The van der Waals surface area contributed by atoms with E-state index in [1.54, 1.807) is 23.5 Å². The van der Waals surface area contributed by atoms with Crippen molar-refractivity contribution < 1.29 is 22.0 Å². The second-order valence-corrected chi connectivity index (χ2v) is 11.3. The molecule has 7 heteroatoms. The highest BCUT2D eigenvalue weighted by molar-refractivity contribution is 7.36. The molecule has 0 nitrogen and oxygen atoms in total. The molecule has 2 heterocycles. The molecule has 39 heavy (non-hydrogen) atoms. The van der Waals surface area contributed by atoms with Crippen LogP contribution in [0.25, 0.3) is 63.0 Å². The van der Waals surface area contributed by atoms with Crippen LogP contribution in [0.4, 0.5) is 22.0 Å². The van der Waals surface area contributed by atoms with Crippen molar-refractivity contribution in [3.8, 4) is 33.4 Å². The van der Waals surface area contributed by atoms with Crippen molar-refractivity contribution in [2.24, 2.45) is 0 Å². The Labute approximate surface area is 227 Å². The molecule has 0 aliphatic rings. The maximum atomic E-state index is 14.2. The van der Waals surface area contributed by atoms with Gasteiger partial charge in [-0.2, -0.15) is 0 Å². The first-order chi connectivity index (χ1) is 18.9. The van der Waals surface area contributed by atoms with Crippen molar-refractivity contribution in [3.05, 3.63) is 120 Å². The lowest BCUT2D eigenvalue weighted by Crippen LogP contribution is -2.03. The molecule has 0 bridgehead atoms. The van der Waals surface area contributed by atoms with Gasteiger partial charge in [-0.25, -0.2) is 22.0 Å². The van der Waals surface area contributed by atoms with Crippen LogP contribution in [0.1, 0.15) is 0 Å². The Balaban J connectivity index is 1.20. The molecule has 0 saturated carbocycles. The number of benzene rings is 5. The summed E-state index contributed by atoms with van der Waals surface area (Å²) in [7, 11) is 0. The van der Waals surface area contributed by atoms with Crippen LogP contribution in [0.5, 0.6) is 0 Å². The SMILES string of the molecule is Fc1c(F)c(F)c(-c2ccc(-c3ccc(-c4ccc5c(c4)sc4c6ccccc6sc54)cc3)cc2)c(F)c1F. The summed E-state index contributed by atoms with van der Waals surface area (Å²) in [6, 6.07) is 28.7. The molecular formula is C32H15F5S2. The number of hydrogen-bond donors (Lipinski definition) is 0. The second kappa shape index (κ2) is 9.00. The number of halogens is 5. The zero-order valence-electron chi connectivity index (χ0n) is 19.9. The number of thiophene rings is 2. The van der Waals surface area contributed by atoms with E-state index in [2.05, 4.69) is 42.5 Å². The van der Waals surface area contributed by atoms with Gasteiger partial charge in [0.2, 0.25) is 5.82 Å². The summed E-state index contributed by atoms with van der Waals surface area (Å²) in [5.41, 5.74) is 2.70. The van der Waals surface area contributed by atoms with E-state index in [9.17, 15) is 22.0 Å². The summed E-state index contributed by atoms with van der Waals surface area (Å²) in [6.07, 6.45) is 0. The topological polar surface area (TPSA) is 0 Å². The van der Waals surface area contributed by atoms with Gasteiger partial charge in [-0.05, 0) is 39.9 Å². The Morgan fingerprint density at radius 1 is 0.385 bits per heavy atom.